The molecule has 3 nitrogen and oxygen atoms in total. The summed E-state index contributed by atoms with van der Waals surface area (Å²) in [6.45, 7) is 1.35. The first-order valence-electron chi connectivity index (χ1n) is 4.99. The zero-order valence-corrected chi connectivity index (χ0v) is 9.90. The Balaban J connectivity index is 2.23. The van der Waals surface area contributed by atoms with Gasteiger partial charge in [-0.15, -0.1) is 0 Å². The number of halogens is 1. The van der Waals surface area contributed by atoms with Crippen molar-refractivity contribution in [1.29, 1.82) is 0 Å². The topological polar surface area (TPSA) is 55.5 Å². The van der Waals surface area contributed by atoms with Crippen molar-refractivity contribution in [2.75, 3.05) is 18.9 Å². The van der Waals surface area contributed by atoms with Crippen molar-refractivity contribution in [2.24, 2.45) is 5.92 Å². The highest BCUT2D eigenvalue weighted by Gasteiger charge is 2.26. The van der Waals surface area contributed by atoms with Crippen LogP contribution in [-0.4, -0.2) is 18.3 Å². The molecule has 1 heterocycles. The molecule has 2 atom stereocenters. The summed E-state index contributed by atoms with van der Waals surface area (Å²) in [6.07, 6.45) is 0.373. The number of rotatable bonds is 2. The Labute approximate surface area is 97.4 Å². The average Bonchev–Trinajstić information content (AvgIpc) is 2.74. The van der Waals surface area contributed by atoms with Crippen molar-refractivity contribution in [3.63, 3.8) is 0 Å². The van der Waals surface area contributed by atoms with Crippen molar-refractivity contribution in [3.05, 3.63) is 28.2 Å². The molecule has 2 unspecified atom stereocenters. The normalized spacial score (nSPS) is 22.9. The van der Waals surface area contributed by atoms with E-state index in [0.717, 1.165) is 23.1 Å². The van der Waals surface area contributed by atoms with Crippen LogP contribution in [0.2, 0.25) is 0 Å². The van der Waals surface area contributed by atoms with E-state index in [0.29, 0.717) is 12.3 Å². The van der Waals surface area contributed by atoms with Crippen LogP contribution in [-0.2, 0) is 4.74 Å². The van der Waals surface area contributed by atoms with Crippen molar-refractivity contribution in [3.8, 4) is 0 Å². The van der Waals surface area contributed by atoms with Gasteiger partial charge in [-0.3, -0.25) is 0 Å². The first-order valence-corrected chi connectivity index (χ1v) is 5.78. The third-order valence-corrected chi connectivity index (χ3v) is 3.27. The van der Waals surface area contributed by atoms with E-state index in [2.05, 4.69) is 15.9 Å². The maximum atomic E-state index is 10.1. The second kappa shape index (κ2) is 4.51. The van der Waals surface area contributed by atoms with E-state index < -0.39 is 6.10 Å². The van der Waals surface area contributed by atoms with Crippen LogP contribution in [0.4, 0.5) is 5.69 Å². The summed E-state index contributed by atoms with van der Waals surface area (Å²) < 4.78 is 6.19. The van der Waals surface area contributed by atoms with Gasteiger partial charge in [-0.05, 0) is 24.6 Å². The first-order chi connectivity index (χ1) is 7.18. The Kier molecular flexibility index (Phi) is 3.29. The molecular formula is C11H14BrNO2. The van der Waals surface area contributed by atoms with Gasteiger partial charge in [0.1, 0.15) is 0 Å². The third kappa shape index (κ3) is 2.33. The molecule has 0 aromatic heterocycles. The molecule has 2 rings (SSSR count). The molecule has 0 saturated carbocycles. The molecule has 1 aromatic rings. The molecule has 0 bridgehead atoms. The van der Waals surface area contributed by atoms with Gasteiger partial charge in [0.25, 0.3) is 0 Å². The molecule has 0 amide bonds. The van der Waals surface area contributed by atoms with E-state index >= 15 is 0 Å². The lowest BCUT2D eigenvalue weighted by Gasteiger charge is -2.18. The average molecular weight is 272 g/mol. The SMILES string of the molecule is Nc1ccc(Br)cc1C(O)C1CCOC1. The molecule has 1 saturated heterocycles. The summed E-state index contributed by atoms with van der Waals surface area (Å²) in [7, 11) is 0. The fourth-order valence-corrected chi connectivity index (χ4v) is 2.24. The van der Waals surface area contributed by atoms with Gasteiger partial charge in [-0.25, -0.2) is 0 Å². The van der Waals surface area contributed by atoms with E-state index in [1.165, 1.54) is 0 Å². The number of ether oxygens (including phenoxy) is 1. The van der Waals surface area contributed by atoms with Crippen LogP contribution < -0.4 is 5.73 Å². The minimum atomic E-state index is -0.523. The van der Waals surface area contributed by atoms with Gasteiger partial charge in [0.05, 0.1) is 12.7 Å². The Bertz CT molecular complexity index is 350. The standard InChI is InChI=1S/C11H14BrNO2/c12-8-1-2-10(13)9(5-8)11(14)7-3-4-15-6-7/h1-2,5,7,11,14H,3-4,6,13H2. The second-order valence-electron chi connectivity index (χ2n) is 3.84. The summed E-state index contributed by atoms with van der Waals surface area (Å²) in [5.74, 6) is 0.168. The Morgan fingerprint density at radius 3 is 3.00 bits per heavy atom. The lowest BCUT2D eigenvalue weighted by molar-refractivity contribution is 0.0923. The zero-order valence-electron chi connectivity index (χ0n) is 8.32. The van der Waals surface area contributed by atoms with E-state index in [-0.39, 0.29) is 5.92 Å². The van der Waals surface area contributed by atoms with Crippen LogP contribution in [0.3, 0.4) is 0 Å². The summed E-state index contributed by atoms with van der Waals surface area (Å²) in [6, 6.07) is 5.55. The number of nitrogen functional groups attached to an aromatic ring is 1. The predicted octanol–water partition coefficient (Wildman–Crippen LogP) is 2.10. The van der Waals surface area contributed by atoms with Gasteiger partial charge in [-0.2, -0.15) is 0 Å². The monoisotopic (exact) mass is 271 g/mol. The van der Waals surface area contributed by atoms with Crippen LogP contribution in [0.25, 0.3) is 0 Å². The van der Waals surface area contributed by atoms with Crippen molar-refractivity contribution < 1.29 is 9.84 Å². The summed E-state index contributed by atoms with van der Waals surface area (Å²) in [5.41, 5.74) is 7.26. The van der Waals surface area contributed by atoms with Gasteiger partial charge in [-0.1, -0.05) is 15.9 Å². The quantitative estimate of drug-likeness (QED) is 0.811. The molecule has 3 N–H and O–H groups in total. The molecule has 0 aliphatic carbocycles. The summed E-state index contributed by atoms with van der Waals surface area (Å²) in [5, 5.41) is 10.1. The predicted molar refractivity (Wildman–Crippen MR) is 62.4 cm³/mol. The smallest absolute Gasteiger partial charge is 0.0861 e. The van der Waals surface area contributed by atoms with Gasteiger partial charge < -0.3 is 15.6 Å². The van der Waals surface area contributed by atoms with Gasteiger partial charge >= 0.3 is 0 Å². The number of aliphatic hydroxyl groups excluding tert-OH is 1. The molecular weight excluding hydrogens is 258 g/mol. The number of anilines is 1. The number of nitrogens with two attached hydrogens (primary N) is 1. The van der Waals surface area contributed by atoms with Gasteiger partial charge in [0, 0.05) is 28.2 Å². The molecule has 1 aliphatic rings. The number of hydrogen-bond donors (Lipinski definition) is 2. The van der Waals surface area contributed by atoms with E-state index in [4.69, 9.17) is 10.5 Å². The molecule has 4 heteroatoms. The highest BCUT2D eigenvalue weighted by molar-refractivity contribution is 9.10. The molecule has 0 radical (unpaired) electrons. The van der Waals surface area contributed by atoms with Crippen LogP contribution >= 0.6 is 15.9 Å². The van der Waals surface area contributed by atoms with Gasteiger partial charge in [0.2, 0.25) is 0 Å². The van der Waals surface area contributed by atoms with E-state index in [1.807, 2.05) is 12.1 Å². The molecule has 1 aromatic carbocycles. The Morgan fingerprint density at radius 1 is 1.53 bits per heavy atom. The third-order valence-electron chi connectivity index (χ3n) is 2.78. The number of aliphatic hydroxyl groups is 1. The van der Waals surface area contributed by atoms with Crippen molar-refractivity contribution in [2.45, 2.75) is 12.5 Å². The molecule has 15 heavy (non-hydrogen) atoms. The lowest BCUT2D eigenvalue weighted by Crippen LogP contribution is -2.14. The molecule has 1 fully saturated rings. The maximum absolute atomic E-state index is 10.1. The van der Waals surface area contributed by atoms with Crippen molar-refractivity contribution >= 4 is 21.6 Å². The van der Waals surface area contributed by atoms with Crippen LogP contribution in [0.15, 0.2) is 22.7 Å². The summed E-state index contributed by atoms with van der Waals surface area (Å²) in [4.78, 5) is 0. The van der Waals surface area contributed by atoms with Crippen LogP contribution in [0.5, 0.6) is 0 Å². The Hall–Kier alpha value is -0.580. The van der Waals surface area contributed by atoms with Crippen LogP contribution in [0.1, 0.15) is 18.1 Å². The highest BCUT2D eigenvalue weighted by Crippen LogP contribution is 2.33. The Morgan fingerprint density at radius 2 is 2.33 bits per heavy atom. The minimum Gasteiger partial charge on any atom is -0.398 e. The highest BCUT2D eigenvalue weighted by atomic mass is 79.9. The minimum absolute atomic E-state index is 0.168. The zero-order chi connectivity index (χ0) is 10.8. The van der Waals surface area contributed by atoms with E-state index in [9.17, 15) is 5.11 Å². The lowest BCUT2D eigenvalue weighted by atomic mass is 9.94. The molecule has 0 spiro atoms. The molecule has 82 valence electrons. The molecule has 1 aliphatic heterocycles. The van der Waals surface area contributed by atoms with Crippen LogP contribution in [0, 0.1) is 5.92 Å². The largest absolute Gasteiger partial charge is 0.398 e. The summed E-state index contributed by atoms with van der Waals surface area (Å²) >= 11 is 3.38. The second-order valence-corrected chi connectivity index (χ2v) is 4.76. The fourth-order valence-electron chi connectivity index (χ4n) is 1.86. The van der Waals surface area contributed by atoms with E-state index in [1.54, 1.807) is 6.07 Å². The maximum Gasteiger partial charge on any atom is 0.0861 e. The fraction of sp³-hybridized carbons (Fsp3) is 0.455. The van der Waals surface area contributed by atoms with Crippen molar-refractivity contribution in [1.82, 2.24) is 0 Å². The van der Waals surface area contributed by atoms with Gasteiger partial charge in [0.15, 0.2) is 0 Å². The first kappa shape index (κ1) is 10.9. The number of benzene rings is 1. The number of hydrogen-bond acceptors (Lipinski definition) is 3.